The molecule has 0 radical (unpaired) electrons. The van der Waals surface area contributed by atoms with Crippen LogP contribution in [0.2, 0.25) is 0 Å². The third-order valence-corrected chi connectivity index (χ3v) is 5.34. The summed E-state index contributed by atoms with van der Waals surface area (Å²) in [5.74, 6) is 0.131. The van der Waals surface area contributed by atoms with Gasteiger partial charge in [-0.25, -0.2) is 0 Å². The minimum Gasteiger partial charge on any atom is -0.481 e. The van der Waals surface area contributed by atoms with E-state index in [-0.39, 0.29) is 17.7 Å². The van der Waals surface area contributed by atoms with Crippen LogP contribution >= 0.6 is 0 Å². The number of carboxylic acid groups (broad SMARTS) is 1. The first kappa shape index (κ1) is 16.3. The molecule has 0 aromatic heterocycles. The Morgan fingerprint density at radius 1 is 1.05 bits per heavy atom. The number of rotatable bonds is 4. The van der Waals surface area contributed by atoms with Crippen LogP contribution in [0.25, 0.3) is 0 Å². The van der Waals surface area contributed by atoms with Crippen LogP contribution in [-0.4, -0.2) is 35.0 Å². The molecular formula is C17H29NO3. The van der Waals surface area contributed by atoms with Crippen molar-refractivity contribution >= 4 is 11.9 Å². The molecule has 120 valence electrons. The lowest BCUT2D eigenvalue weighted by Crippen LogP contribution is -2.38. The Morgan fingerprint density at radius 2 is 1.76 bits per heavy atom. The molecule has 4 heteroatoms. The molecule has 1 saturated carbocycles. The molecule has 21 heavy (non-hydrogen) atoms. The van der Waals surface area contributed by atoms with Crippen LogP contribution in [0.5, 0.6) is 0 Å². The molecule has 1 atom stereocenters. The summed E-state index contributed by atoms with van der Waals surface area (Å²) >= 11 is 0. The maximum Gasteiger partial charge on any atom is 0.303 e. The molecule has 0 spiro atoms. The number of carboxylic acids is 1. The molecule has 1 aliphatic heterocycles. The van der Waals surface area contributed by atoms with E-state index in [1.54, 1.807) is 0 Å². The Balaban J connectivity index is 1.98. The number of aliphatic carboxylic acids is 1. The summed E-state index contributed by atoms with van der Waals surface area (Å²) < 4.78 is 0. The van der Waals surface area contributed by atoms with Crippen molar-refractivity contribution in [1.82, 2.24) is 4.90 Å². The van der Waals surface area contributed by atoms with Gasteiger partial charge in [-0.2, -0.15) is 0 Å². The zero-order valence-corrected chi connectivity index (χ0v) is 13.3. The fraction of sp³-hybridized carbons (Fsp3) is 0.882. The summed E-state index contributed by atoms with van der Waals surface area (Å²) in [6, 6.07) is 0. The molecule has 4 nitrogen and oxygen atoms in total. The molecule has 1 N–H and O–H groups in total. The number of nitrogens with zero attached hydrogens (tertiary/aromatic N) is 1. The molecule has 1 heterocycles. The van der Waals surface area contributed by atoms with Crippen molar-refractivity contribution in [2.75, 3.05) is 13.1 Å². The Labute approximate surface area is 127 Å². The zero-order chi connectivity index (χ0) is 15.3. The number of likely N-dealkylation sites (tertiary alicyclic amines) is 1. The van der Waals surface area contributed by atoms with E-state index >= 15 is 0 Å². The molecule has 2 fully saturated rings. The van der Waals surface area contributed by atoms with Crippen molar-refractivity contribution in [1.29, 1.82) is 0 Å². The second-order valence-electron chi connectivity index (χ2n) is 7.22. The number of amides is 1. The SMILES string of the molecule is CC1CCCN(C(=O)CC2(CC(=O)O)CCCCC2)CC1. The topological polar surface area (TPSA) is 57.6 Å². The lowest BCUT2D eigenvalue weighted by Gasteiger charge is -2.37. The van der Waals surface area contributed by atoms with Crippen LogP contribution in [0, 0.1) is 11.3 Å². The van der Waals surface area contributed by atoms with Gasteiger partial charge in [0.1, 0.15) is 0 Å². The smallest absolute Gasteiger partial charge is 0.303 e. The number of hydrogen-bond donors (Lipinski definition) is 1. The van der Waals surface area contributed by atoms with Gasteiger partial charge < -0.3 is 10.0 Å². The Morgan fingerprint density at radius 3 is 2.43 bits per heavy atom. The monoisotopic (exact) mass is 295 g/mol. The second kappa shape index (κ2) is 7.28. The number of hydrogen-bond acceptors (Lipinski definition) is 2. The van der Waals surface area contributed by atoms with Crippen LogP contribution < -0.4 is 0 Å². The maximum atomic E-state index is 12.6. The van der Waals surface area contributed by atoms with Crippen molar-refractivity contribution < 1.29 is 14.7 Å². The van der Waals surface area contributed by atoms with E-state index in [4.69, 9.17) is 0 Å². The van der Waals surface area contributed by atoms with Crippen molar-refractivity contribution in [2.24, 2.45) is 11.3 Å². The fourth-order valence-corrected chi connectivity index (χ4v) is 3.98. The van der Waals surface area contributed by atoms with E-state index in [1.807, 2.05) is 4.90 Å². The predicted octanol–water partition coefficient (Wildman–Crippen LogP) is 3.45. The van der Waals surface area contributed by atoms with E-state index in [2.05, 4.69) is 6.92 Å². The normalized spacial score (nSPS) is 26.1. The summed E-state index contributed by atoms with van der Waals surface area (Å²) in [4.78, 5) is 25.8. The van der Waals surface area contributed by atoms with Gasteiger partial charge in [0.05, 0.1) is 6.42 Å². The molecule has 2 rings (SSSR count). The van der Waals surface area contributed by atoms with Crippen LogP contribution in [0.15, 0.2) is 0 Å². The molecule has 1 unspecified atom stereocenters. The molecule has 1 aliphatic carbocycles. The molecule has 0 aromatic rings. The van der Waals surface area contributed by atoms with Gasteiger partial charge in [-0.05, 0) is 43.4 Å². The van der Waals surface area contributed by atoms with Gasteiger partial charge in [0.25, 0.3) is 0 Å². The highest BCUT2D eigenvalue weighted by Crippen LogP contribution is 2.42. The van der Waals surface area contributed by atoms with Gasteiger partial charge in [-0.3, -0.25) is 9.59 Å². The summed E-state index contributed by atoms with van der Waals surface area (Å²) in [5, 5.41) is 9.21. The molecule has 1 amide bonds. The minimum atomic E-state index is -0.755. The average Bonchev–Trinajstić information content (AvgIpc) is 2.63. The highest BCUT2D eigenvalue weighted by Gasteiger charge is 2.37. The summed E-state index contributed by atoms with van der Waals surface area (Å²) in [6.45, 7) is 3.95. The molecule has 2 aliphatic rings. The quantitative estimate of drug-likeness (QED) is 0.864. The fourth-order valence-electron chi connectivity index (χ4n) is 3.98. The van der Waals surface area contributed by atoms with E-state index in [0.717, 1.165) is 51.6 Å². The molecule has 0 aromatic carbocycles. The number of carbonyl (C=O) groups is 2. The first-order valence-electron chi connectivity index (χ1n) is 8.50. The molecule has 0 bridgehead atoms. The third-order valence-electron chi connectivity index (χ3n) is 5.34. The van der Waals surface area contributed by atoms with E-state index in [9.17, 15) is 14.7 Å². The maximum absolute atomic E-state index is 12.6. The summed E-state index contributed by atoms with van der Waals surface area (Å²) in [7, 11) is 0. The lowest BCUT2D eigenvalue weighted by molar-refractivity contribution is -0.142. The Hall–Kier alpha value is -1.06. The lowest BCUT2D eigenvalue weighted by atomic mass is 9.69. The number of carbonyl (C=O) groups excluding carboxylic acids is 1. The largest absolute Gasteiger partial charge is 0.481 e. The van der Waals surface area contributed by atoms with Crippen molar-refractivity contribution in [3.63, 3.8) is 0 Å². The van der Waals surface area contributed by atoms with Crippen LogP contribution in [0.3, 0.4) is 0 Å². The zero-order valence-electron chi connectivity index (χ0n) is 13.3. The Kier molecular flexibility index (Phi) is 5.65. The van der Waals surface area contributed by atoms with Crippen LogP contribution in [-0.2, 0) is 9.59 Å². The average molecular weight is 295 g/mol. The summed E-state index contributed by atoms with van der Waals surface area (Å²) in [6.07, 6.45) is 9.06. The van der Waals surface area contributed by atoms with Crippen molar-refractivity contribution in [3.05, 3.63) is 0 Å². The summed E-state index contributed by atoms with van der Waals surface area (Å²) in [5.41, 5.74) is -0.279. The predicted molar refractivity (Wildman–Crippen MR) is 82.0 cm³/mol. The van der Waals surface area contributed by atoms with Gasteiger partial charge in [0.2, 0.25) is 5.91 Å². The van der Waals surface area contributed by atoms with Gasteiger partial charge in [0, 0.05) is 19.5 Å². The third kappa shape index (κ3) is 4.72. The van der Waals surface area contributed by atoms with E-state index in [1.165, 1.54) is 12.8 Å². The highest BCUT2D eigenvalue weighted by molar-refractivity contribution is 5.78. The van der Waals surface area contributed by atoms with Crippen molar-refractivity contribution in [3.8, 4) is 0 Å². The van der Waals surface area contributed by atoms with Crippen LogP contribution in [0.1, 0.15) is 71.1 Å². The van der Waals surface area contributed by atoms with Gasteiger partial charge in [0.15, 0.2) is 0 Å². The highest BCUT2D eigenvalue weighted by atomic mass is 16.4. The van der Waals surface area contributed by atoms with Gasteiger partial charge in [-0.1, -0.05) is 26.2 Å². The molecular weight excluding hydrogens is 266 g/mol. The van der Waals surface area contributed by atoms with Crippen LogP contribution in [0.4, 0.5) is 0 Å². The van der Waals surface area contributed by atoms with E-state index in [0.29, 0.717) is 12.3 Å². The molecule has 1 saturated heterocycles. The first-order chi connectivity index (χ1) is 10.0. The standard InChI is InChI=1S/C17H29NO3/c1-14-6-5-10-18(11-7-14)15(19)12-17(13-16(20)21)8-3-2-4-9-17/h14H,2-13H2,1H3,(H,20,21). The second-order valence-corrected chi connectivity index (χ2v) is 7.22. The minimum absolute atomic E-state index is 0.156. The van der Waals surface area contributed by atoms with Crippen molar-refractivity contribution in [2.45, 2.75) is 71.1 Å². The van der Waals surface area contributed by atoms with E-state index < -0.39 is 5.97 Å². The van der Waals surface area contributed by atoms with Gasteiger partial charge in [-0.15, -0.1) is 0 Å². The van der Waals surface area contributed by atoms with Gasteiger partial charge >= 0.3 is 5.97 Å². The Bertz CT molecular complexity index is 374. The first-order valence-corrected chi connectivity index (χ1v) is 8.50.